The molecule has 0 aliphatic rings. The Morgan fingerprint density at radius 3 is 2.28 bits per heavy atom. The number of rotatable bonds is 2. The zero-order valence-electron chi connectivity index (χ0n) is 15.3. The van der Waals surface area contributed by atoms with E-state index in [-0.39, 0.29) is 0 Å². The molecular weight excluding hydrogens is 318 g/mol. The van der Waals surface area contributed by atoms with E-state index in [9.17, 15) is 0 Å². The summed E-state index contributed by atoms with van der Waals surface area (Å²) in [7, 11) is -1.36. The van der Waals surface area contributed by atoms with Gasteiger partial charge in [0.25, 0.3) is 0 Å². The van der Waals surface area contributed by atoms with Gasteiger partial charge in [0.05, 0.1) is 13.6 Å². The third-order valence-corrected chi connectivity index (χ3v) is 6.91. The second-order valence-corrected chi connectivity index (χ2v) is 12.9. The van der Waals surface area contributed by atoms with Crippen molar-refractivity contribution >= 4 is 34.9 Å². The van der Waals surface area contributed by atoms with Gasteiger partial charge in [-0.25, -0.2) is 0 Å². The third kappa shape index (κ3) is 2.98. The standard InChI is InChI=1S/C23H23NSi/c1-16-13-21(19-10-9-17-7-5-6-8-18(17)14-19)22-15-20(25(2,3)4)11-12-23(22)24-16/h5-15H,1-4H3. The van der Waals surface area contributed by atoms with Crippen LogP contribution >= 0.6 is 0 Å². The number of nitrogens with zero attached hydrogens (tertiary/aromatic N) is 1. The zero-order valence-corrected chi connectivity index (χ0v) is 16.3. The molecule has 1 aromatic heterocycles. The van der Waals surface area contributed by atoms with Crippen LogP contribution in [0.5, 0.6) is 0 Å². The van der Waals surface area contributed by atoms with Crippen LogP contribution in [0.15, 0.2) is 66.7 Å². The summed E-state index contributed by atoms with van der Waals surface area (Å²) < 4.78 is 0. The summed E-state index contributed by atoms with van der Waals surface area (Å²) in [6.07, 6.45) is 0. The van der Waals surface area contributed by atoms with Gasteiger partial charge in [-0.2, -0.15) is 0 Å². The van der Waals surface area contributed by atoms with Crippen LogP contribution in [0.4, 0.5) is 0 Å². The van der Waals surface area contributed by atoms with Gasteiger partial charge >= 0.3 is 0 Å². The first kappa shape index (κ1) is 16.0. The van der Waals surface area contributed by atoms with Crippen molar-refractivity contribution in [1.82, 2.24) is 4.98 Å². The molecule has 0 radical (unpaired) electrons. The van der Waals surface area contributed by atoms with Crippen LogP contribution < -0.4 is 5.19 Å². The molecular formula is C23H23NSi. The van der Waals surface area contributed by atoms with Gasteiger partial charge in [0.2, 0.25) is 0 Å². The summed E-state index contributed by atoms with van der Waals surface area (Å²) in [5.74, 6) is 0. The van der Waals surface area contributed by atoms with Crippen molar-refractivity contribution in [3.8, 4) is 11.1 Å². The van der Waals surface area contributed by atoms with Crippen molar-refractivity contribution in [2.75, 3.05) is 0 Å². The Labute approximate surface area is 150 Å². The van der Waals surface area contributed by atoms with Crippen LogP contribution in [0.3, 0.4) is 0 Å². The van der Waals surface area contributed by atoms with E-state index in [4.69, 9.17) is 4.98 Å². The van der Waals surface area contributed by atoms with Gasteiger partial charge < -0.3 is 0 Å². The monoisotopic (exact) mass is 341 g/mol. The van der Waals surface area contributed by atoms with Crippen molar-refractivity contribution in [3.63, 3.8) is 0 Å². The molecule has 3 aromatic carbocycles. The fraction of sp³-hybridized carbons (Fsp3) is 0.174. The Morgan fingerprint density at radius 1 is 0.760 bits per heavy atom. The summed E-state index contributed by atoms with van der Waals surface area (Å²) >= 11 is 0. The van der Waals surface area contributed by atoms with E-state index in [0.717, 1.165) is 11.2 Å². The molecule has 25 heavy (non-hydrogen) atoms. The van der Waals surface area contributed by atoms with Crippen LogP contribution in [0.2, 0.25) is 19.6 Å². The van der Waals surface area contributed by atoms with Crippen molar-refractivity contribution < 1.29 is 0 Å². The second kappa shape index (κ2) is 5.82. The van der Waals surface area contributed by atoms with Crippen molar-refractivity contribution in [1.29, 1.82) is 0 Å². The Kier molecular flexibility index (Phi) is 3.73. The second-order valence-electron chi connectivity index (χ2n) is 7.86. The smallest absolute Gasteiger partial charge is 0.0776 e. The maximum Gasteiger partial charge on any atom is 0.0776 e. The number of hydrogen-bond acceptors (Lipinski definition) is 1. The molecule has 0 fully saturated rings. The fourth-order valence-corrected chi connectivity index (χ4v) is 4.58. The lowest BCUT2D eigenvalue weighted by atomic mass is 9.97. The molecule has 0 unspecified atom stereocenters. The molecule has 0 aliphatic carbocycles. The number of aryl methyl sites for hydroxylation is 1. The van der Waals surface area contributed by atoms with Gasteiger partial charge in [0, 0.05) is 11.1 Å². The highest BCUT2D eigenvalue weighted by Gasteiger charge is 2.18. The van der Waals surface area contributed by atoms with E-state index in [1.54, 1.807) is 0 Å². The van der Waals surface area contributed by atoms with E-state index >= 15 is 0 Å². The fourth-order valence-electron chi connectivity index (χ4n) is 3.42. The molecule has 0 saturated heterocycles. The average molecular weight is 342 g/mol. The van der Waals surface area contributed by atoms with Gasteiger partial charge in [0.15, 0.2) is 0 Å². The van der Waals surface area contributed by atoms with Crippen LogP contribution in [0, 0.1) is 6.92 Å². The first-order valence-electron chi connectivity index (χ1n) is 8.83. The molecule has 1 nitrogen and oxygen atoms in total. The highest BCUT2D eigenvalue weighted by Crippen LogP contribution is 2.31. The highest BCUT2D eigenvalue weighted by atomic mass is 28.3. The predicted molar refractivity (Wildman–Crippen MR) is 112 cm³/mol. The molecule has 0 amide bonds. The van der Waals surface area contributed by atoms with Crippen LogP contribution in [0.25, 0.3) is 32.8 Å². The van der Waals surface area contributed by atoms with E-state index in [2.05, 4.69) is 93.3 Å². The molecule has 124 valence electrons. The Bertz CT molecular complexity index is 1090. The normalized spacial score (nSPS) is 12.0. The van der Waals surface area contributed by atoms with Gasteiger partial charge in [0.1, 0.15) is 0 Å². The lowest BCUT2D eigenvalue weighted by molar-refractivity contribution is 1.26. The van der Waals surface area contributed by atoms with Crippen LogP contribution in [0.1, 0.15) is 5.69 Å². The van der Waals surface area contributed by atoms with E-state index in [1.165, 1.54) is 32.5 Å². The minimum Gasteiger partial charge on any atom is -0.253 e. The topological polar surface area (TPSA) is 12.9 Å². The van der Waals surface area contributed by atoms with Crippen molar-refractivity contribution in [2.45, 2.75) is 26.6 Å². The highest BCUT2D eigenvalue weighted by molar-refractivity contribution is 6.88. The Morgan fingerprint density at radius 2 is 1.52 bits per heavy atom. The summed E-state index contributed by atoms with van der Waals surface area (Å²) in [6, 6.07) is 24.3. The van der Waals surface area contributed by atoms with E-state index in [0.29, 0.717) is 0 Å². The summed E-state index contributed by atoms with van der Waals surface area (Å²) in [5, 5.41) is 5.31. The Hall–Kier alpha value is -2.45. The summed E-state index contributed by atoms with van der Waals surface area (Å²) in [6.45, 7) is 9.26. The number of aromatic nitrogens is 1. The lowest BCUT2D eigenvalue weighted by Gasteiger charge is -2.18. The van der Waals surface area contributed by atoms with Gasteiger partial charge in [-0.05, 0) is 47.0 Å². The van der Waals surface area contributed by atoms with Crippen molar-refractivity contribution in [2.24, 2.45) is 0 Å². The number of fused-ring (bicyclic) bond motifs is 2. The molecule has 4 rings (SSSR count). The molecule has 1 heterocycles. The van der Waals surface area contributed by atoms with Gasteiger partial charge in [-0.3, -0.25) is 4.98 Å². The molecule has 0 N–H and O–H groups in total. The average Bonchev–Trinajstić information content (AvgIpc) is 2.59. The molecule has 4 aromatic rings. The number of hydrogen-bond donors (Lipinski definition) is 0. The maximum absolute atomic E-state index is 4.76. The number of pyridine rings is 1. The molecule has 2 heteroatoms. The minimum absolute atomic E-state index is 1.07. The largest absolute Gasteiger partial charge is 0.253 e. The maximum atomic E-state index is 4.76. The van der Waals surface area contributed by atoms with Crippen molar-refractivity contribution in [3.05, 3.63) is 72.4 Å². The van der Waals surface area contributed by atoms with Crippen LogP contribution in [-0.2, 0) is 0 Å². The van der Waals surface area contributed by atoms with Gasteiger partial charge in [-0.15, -0.1) is 0 Å². The SMILES string of the molecule is Cc1cc(-c2ccc3ccccc3c2)c2cc([Si](C)(C)C)ccc2n1. The van der Waals surface area contributed by atoms with E-state index in [1.807, 2.05) is 0 Å². The van der Waals surface area contributed by atoms with E-state index < -0.39 is 8.07 Å². The minimum atomic E-state index is -1.36. The molecule has 0 saturated carbocycles. The molecule has 0 atom stereocenters. The Balaban J connectivity index is 2.01. The zero-order chi connectivity index (χ0) is 17.6. The lowest BCUT2D eigenvalue weighted by Crippen LogP contribution is -2.37. The summed E-state index contributed by atoms with van der Waals surface area (Å²) in [5.41, 5.74) is 4.71. The number of benzene rings is 3. The summed E-state index contributed by atoms with van der Waals surface area (Å²) in [4.78, 5) is 4.76. The molecule has 0 bridgehead atoms. The van der Waals surface area contributed by atoms with Crippen LogP contribution in [-0.4, -0.2) is 13.1 Å². The third-order valence-electron chi connectivity index (χ3n) is 4.86. The quantitative estimate of drug-likeness (QED) is 0.413. The first-order chi connectivity index (χ1) is 11.9. The first-order valence-corrected chi connectivity index (χ1v) is 12.3. The predicted octanol–water partition coefficient (Wildman–Crippen LogP) is 5.91. The molecule has 0 aliphatic heterocycles. The molecule has 0 spiro atoms. The van der Waals surface area contributed by atoms with Gasteiger partial charge in [-0.1, -0.05) is 73.4 Å².